The molecule has 0 aromatic heterocycles. The number of hydrogen-bond donors (Lipinski definition) is 0. The minimum atomic E-state index is -3.74. The van der Waals surface area contributed by atoms with Gasteiger partial charge in [-0.15, -0.1) is 0 Å². The maximum atomic E-state index is 11.9. The van der Waals surface area contributed by atoms with Gasteiger partial charge < -0.3 is 0 Å². The van der Waals surface area contributed by atoms with Gasteiger partial charge in [0.15, 0.2) is 5.12 Å². The van der Waals surface area contributed by atoms with Crippen molar-refractivity contribution in [1.82, 2.24) is 0 Å². The van der Waals surface area contributed by atoms with E-state index in [2.05, 4.69) is 0 Å². The van der Waals surface area contributed by atoms with Crippen molar-refractivity contribution < 1.29 is 17.4 Å². The lowest BCUT2D eigenvalue weighted by Gasteiger charge is -2.15. The molecule has 112 valence electrons. The Morgan fingerprint density at radius 3 is 2.25 bits per heavy atom. The van der Waals surface area contributed by atoms with Crippen LogP contribution in [0.25, 0.3) is 0 Å². The largest absolute Gasteiger partial charge is 0.296 e. The second-order valence-corrected chi connectivity index (χ2v) is 8.16. The molecule has 0 fully saturated rings. The molecule has 0 saturated heterocycles. The number of thioether (sulfide) groups is 1. The second-order valence-electron chi connectivity index (χ2n) is 5.48. The summed E-state index contributed by atoms with van der Waals surface area (Å²) in [4.78, 5) is 11.8. The van der Waals surface area contributed by atoms with Crippen LogP contribution in [-0.4, -0.2) is 25.9 Å². The highest BCUT2D eigenvalue weighted by atomic mass is 32.2. The van der Waals surface area contributed by atoms with Gasteiger partial charge in [-0.1, -0.05) is 50.2 Å². The average Bonchev–Trinajstić information content (AvgIpc) is 2.33. The van der Waals surface area contributed by atoms with Gasteiger partial charge in [0, 0.05) is 11.2 Å². The molecule has 0 amide bonds. The molecule has 0 spiro atoms. The topological polar surface area (TPSA) is 60.4 Å². The van der Waals surface area contributed by atoms with Crippen molar-refractivity contribution in [3.63, 3.8) is 0 Å². The molecular formula is C14H20O4S2. The summed E-state index contributed by atoms with van der Waals surface area (Å²) in [5.41, 5.74) is 0.552. The summed E-state index contributed by atoms with van der Waals surface area (Å²) in [7, 11) is -3.74. The van der Waals surface area contributed by atoms with E-state index < -0.39 is 15.5 Å². The van der Waals surface area contributed by atoms with Crippen molar-refractivity contribution in [2.24, 2.45) is 5.41 Å². The van der Waals surface area contributed by atoms with Gasteiger partial charge >= 0.3 is 0 Å². The number of benzene rings is 1. The quantitative estimate of drug-likeness (QED) is 0.617. The van der Waals surface area contributed by atoms with Crippen LogP contribution in [0.3, 0.4) is 0 Å². The molecule has 0 aliphatic heterocycles. The van der Waals surface area contributed by atoms with E-state index in [4.69, 9.17) is 4.18 Å². The van der Waals surface area contributed by atoms with Crippen LogP contribution in [0.2, 0.25) is 0 Å². The van der Waals surface area contributed by atoms with Gasteiger partial charge in [-0.25, -0.2) is 0 Å². The molecule has 4 nitrogen and oxygen atoms in total. The molecule has 0 atom stereocenters. The van der Waals surface area contributed by atoms with Crippen LogP contribution in [0.15, 0.2) is 29.2 Å². The van der Waals surface area contributed by atoms with Crippen LogP contribution in [0, 0.1) is 12.3 Å². The maximum absolute atomic E-state index is 11.9. The van der Waals surface area contributed by atoms with Gasteiger partial charge in [-0.05, 0) is 19.1 Å². The first kappa shape index (κ1) is 17.2. The molecular weight excluding hydrogens is 296 g/mol. The molecule has 0 saturated carbocycles. The molecule has 0 N–H and O–H groups in total. The Morgan fingerprint density at radius 1 is 1.20 bits per heavy atom. The molecule has 0 unspecified atom stereocenters. The Labute approximate surface area is 125 Å². The lowest BCUT2D eigenvalue weighted by Crippen LogP contribution is -2.18. The third-order valence-electron chi connectivity index (χ3n) is 2.48. The first-order valence-corrected chi connectivity index (χ1v) is 8.65. The van der Waals surface area contributed by atoms with Gasteiger partial charge in [0.25, 0.3) is 10.1 Å². The summed E-state index contributed by atoms with van der Waals surface area (Å²) in [6.07, 6.45) is 0. The SMILES string of the molecule is Cc1ccc(S(=O)(=O)OCCSC(=O)C(C)(C)C)cc1. The van der Waals surface area contributed by atoms with Gasteiger partial charge in [0.05, 0.1) is 11.5 Å². The molecule has 20 heavy (non-hydrogen) atoms. The Kier molecular flexibility index (Phi) is 5.79. The van der Waals surface area contributed by atoms with E-state index in [1.807, 2.05) is 27.7 Å². The van der Waals surface area contributed by atoms with E-state index in [0.29, 0.717) is 5.75 Å². The van der Waals surface area contributed by atoms with Gasteiger partial charge in [0.1, 0.15) is 0 Å². The van der Waals surface area contributed by atoms with Crippen LogP contribution in [0.1, 0.15) is 26.3 Å². The van der Waals surface area contributed by atoms with Gasteiger partial charge in [0.2, 0.25) is 0 Å². The fourth-order valence-electron chi connectivity index (χ4n) is 1.27. The van der Waals surface area contributed by atoms with E-state index in [9.17, 15) is 13.2 Å². The lowest BCUT2D eigenvalue weighted by atomic mass is 10.00. The summed E-state index contributed by atoms with van der Waals surface area (Å²) in [6, 6.07) is 6.46. The Hall–Kier alpha value is -0.850. The predicted octanol–water partition coefficient (Wildman–Crippen LogP) is 3.01. The first-order valence-electron chi connectivity index (χ1n) is 6.26. The number of carbonyl (C=O) groups excluding carboxylic acids is 1. The third kappa shape index (κ3) is 5.26. The predicted molar refractivity (Wildman–Crippen MR) is 81.2 cm³/mol. The van der Waals surface area contributed by atoms with Gasteiger partial charge in [-0.3, -0.25) is 8.98 Å². The summed E-state index contributed by atoms with van der Waals surface area (Å²) in [5, 5.41) is 0.0221. The Bertz CT molecular complexity index is 554. The first-order chi connectivity index (χ1) is 9.13. The van der Waals surface area contributed by atoms with Crippen LogP contribution in [-0.2, 0) is 19.1 Å². The summed E-state index contributed by atoms with van der Waals surface area (Å²) in [5.74, 6) is 0.321. The van der Waals surface area contributed by atoms with Crippen LogP contribution >= 0.6 is 11.8 Å². The molecule has 0 heterocycles. The van der Waals surface area contributed by atoms with Crippen molar-refractivity contribution in [1.29, 1.82) is 0 Å². The molecule has 6 heteroatoms. The summed E-state index contributed by atoms with van der Waals surface area (Å²) in [6.45, 7) is 7.35. The summed E-state index contributed by atoms with van der Waals surface area (Å²) >= 11 is 1.09. The monoisotopic (exact) mass is 316 g/mol. The van der Waals surface area contributed by atoms with E-state index in [0.717, 1.165) is 17.3 Å². The minimum absolute atomic E-state index is 0.0112. The molecule has 0 aliphatic carbocycles. The van der Waals surface area contributed by atoms with E-state index >= 15 is 0 Å². The van der Waals surface area contributed by atoms with Crippen molar-refractivity contribution in [2.75, 3.05) is 12.4 Å². The zero-order valence-electron chi connectivity index (χ0n) is 12.2. The molecule has 0 aliphatic rings. The standard InChI is InChI=1S/C14H20O4S2/c1-11-5-7-12(8-6-11)20(16,17)18-9-10-19-13(15)14(2,3)4/h5-8H,9-10H2,1-4H3. The molecule has 1 aromatic rings. The van der Waals surface area contributed by atoms with E-state index in [1.165, 1.54) is 12.1 Å². The molecule has 0 bridgehead atoms. The van der Waals surface area contributed by atoms with Gasteiger partial charge in [-0.2, -0.15) is 8.42 Å². The highest BCUT2D eigenvalue weighted by Crippen LogP contribution is 2.23. The van der Waals surface area contributed by atoms with Crippen LogP contribution in [0.5, 0.6) is 0 Å². The van der Waals surface area contributed by atoms with E-state index in [1.54, 1.807) is 12.1 Å². The zero-order valence-corrected chi connectivity index (χ0v) is 13.8. The Balaban J connectivity index is 2.49. The Morgan fingerprint density at radius 2 is 1.75 bits per heavy atom. The number of hydrogen-bond acceptors (Lipinski definition) is 5. The summed E-state index contributed by atoms with van der Waals surface area (Å²) < 4.78 is 28.7. The number of aryl methyl sites for hydroxylation is 1. The van der Waals surface area contributed by atoms with Crippen LogP contribution in [0.4, 0.5) is 0 Å². The molecule has 0 radical (unpaired) electrons. The third-order valence-corrected chi connectivity index (χ3v) is 5.05. The molecule has 1 aromatic carbocycles. The highest BCUT2D eigenvalue weighted by Gasteiger charge is 2.22. The lowest BCUT2D eigenvalue weighted by molar-refractivity contribution is -0.117. The zero-order chi connectivity index (χ0) is 15.4. The fourth-order valence-corrected chi connectivity index (χ4v) is 3.07. The second kappa shape index (κ2) is 6.74. The number of carbonyl (C=O) groups is 1. The van der Waals surface area contributed by atoms with Crippen LogP contribution < -0.4 is 0 Å². The smallest absolute Gasteiger partial charge is 0.287 e. The maximum Gasteiger partial charge on any atom is 0.296 e. The van der Waals surface area contributed by atoms with E-state index in [-0.39, 0.29) is 16.6 Å². The fraction of sp³-hybridized carbons (Fsp3) is 0.500. The normalized spacial score (nSPS) is 12.4. The highest BCUT2D eigenvalue weighted by molar-refractivity contribution is 8.13. The van der Waals surface area contributed by atoms with Crippen molar-refractivity contribution in [3.05, 3.63) is 29.8 Å². The number of rotatable bonds is 5. The van der Waals surface area contributed by atoms with Crippen molar-refractivity contribution >= 4 is 27.0 Å². The van der Waals surface area contributed by atoms with Crippen molar-refractivity contribution in [3.8, 4) is 0 Å². The minimum Gasteiger partial charge on any atom is -0.287 e. The molecule has 1 rings (SSSR count). The average molecular weight is 316 g/mol. The van der Waals surface area contributed by atoms with Crippen molar-refractivity contribution in [2.45, 2.75) is 32.6 Å².